The first-order valence-electron chi connectivity index (χ1n) is 14.9. The second-order valence-corrected chi connectivity index (χ2v) is 11.2. The van der Waals surface area contributed by atoms with Gasteiger partial charge in [0.1, 0.15) is 18.0 Å². The number of allylic oxidation sites excluding steroid dienone is 1. The van der Waals surface area contributed by atoms with Gasteiger partial charge in [0.05, 0.1) is 66.3 Å². The van der Waals surface area contributed by atoms with Crippen LogP contribution in [0.5, 0.6) is 0 Å². The lowest BCUT2D eigenvalue weighted by Crippen LogP contribution is -2.36. The Kier molecular flexibility index (Phi) is 11.2. The van der Waals surface area contributed by atoms with E-state index >= 15 is 0 Å². The highest BCUT2D eigenvalue weighted by Crippen LogP contribution is 2.45. The molecule has 250 valence electrons. The minimum Gasteiger partial charge on any atom is -0.466 e. The maximum Gasteiger partial charge on any atom is 0.336 e. The molecule has 1 fully saturated rings. The molecule has 2 aliphatic heterocycles. The van der Waals surface area contributed by atoms with E-state index in [9.17, 15) is 9.59 Å². The minimum atomic E-state index is -1.02. The number of hydrogen-bond acceptors (Lipinski definition) is 14. The fraction of sp³-hybridized carbons (Fsp3) is 0.433. The largest absolute Gasteiger partial charge is 0.466 e. The number of carbonyl (C=O) groups excluding carboxylic acids is 2. The molecule has 0 radical (unpaired) electrons. The van der Waals surface area contributed by atoms with Crippen LogP contribution in [-0.2, 0) is 35.1 Å². The summed E-state index contributed by atoms with van der Waals surface area (Å²) in [5, 5.41) is 19.2. The van der Waals surface area contributed by atoms with Crippen LogP contribution in [0.3, 0.4) is 0 Å². The molecule has 2 N–H and O–H groups in total. The van der Waals surface area contributed by atoms with Crippen molar-refractivity contribution in [1.82, 2.24) is 35.5 Å². The third-order valence-corrected chi connectivity index (χ3v) is 8.53. The van der Waals surface area contributed by atoms with E-state index in [1.54, 1.807) is 36.7 Å². The van der Waals surface area contributed by atoms with E-state index in [-0.39, 0.29) is 33.5 Å². The van der Waals surface area contributed by atoms with Gasteiger partial charge >= 0.3 is 11.9 Å². The number of methoxy groups -OCH3 is 2. The number of tetrazole rings is 1. The number of ether oxygens (including phenoxy) is 4. The van der Waals surface area contributed by atoms with Crippen molar-refractivity contribution in [3.63, 3.8) is 0 Å². The molecule has 4 heterocycles. The fourth-order valence-corrected chi connectivity index (χ4v) is 5.96. The van der Waals surface area contributed by atoms with Crippen molar-refractivity contribution in [3.05, 3.63) is 74.6 Å². The molecule has 5 rings (SSSR count). The number of halogens is 2. The molecule has 0 bridgehead atoms. The monoisotopic (exact) mass is 687 g/mol. The smallest absolute Gasteiger partial charge is 0.336 e. The lowest BCUT2D eigenvalue weighted by molar-refractivity contribution is -0.139. The Morgan fingerprint density at radius 1 is 1.15 bits per heavy atom. The number of anilines is 2. The quantitative estimate of drug-likeness (QED) is 0.267. The van der Waals surface area contributed by atoms with E-state index in [0.29, 0.717) is 49.2 Å². The molecule has 1 aromatic carbocycles. The van der Waals surface area contributed by atoms with Crippen LogP contribution in [0, 0.1) is 0 Å². The summed E-state index contributed by atoms with van der Waals surface area (Å²) < 4.78 is 23.6. The lowest BCUT2D eigenvalue weighted by Gasteiger charge is -2.34. The minimum absolute atomic E-state index is 0.0677. The maximum atomic E-state index is 13.8. The number of rotatable bonds is 12. The molecule has 0 saturated carbocycles. The number of nitrogens with zero attached hydrogens (tertiary/aromatic N) is 7. The Hall–Kier alpha value is -4.31. The topological polar surface area (TPSA) is 168 Å². The van der Waals surface area contributed by atoms with Crippen LogP contribution in [0.15, 0.2) is 53.1 Å². The number of carbonyl (C=O) groups is 2. The van der Waals surface area contributed by atoms with E-state index in [2.05, 4.69) is 41.0 Å². The molecule has 2 atom stereocenters. The van der Waals surface area contributed by atoms with Gasteiger partial charge in [-0.05, 0) is 35.9 Å². The van der Waals surface area contributed by atoms with Crippen LogP contribution in [0.1, 0.15) is 37.3 Å². The standard InChI is InChI=1S/C30H35Cl2N9O6/c1-5-47-30(43)24-23(18-7-6-8-19(31)25(18)32)22(29(42)45-4)17(2)36-26(24)27(44-3)28-37-38-39-41(28)10-9-33-20-15-21(35-16-34-20)40-11-13-46-14-12-40/h6-8,15-16,23,27,36H,5,9-14H2,1-4H3,(H,33,34,35). The number of nitrogens with one attached hydrogen (secondary N) is 2. The molecule has 47 heavy (non-hydrogen) atoms. The van der Waals surface area contributed by atoms with Gasteiger partial charge in [-0.25, -0.2) is 24.2 Å². The molecule has 2 unspecified atom stereocenters. The number of hydrogen-bond donors (Lipinski definition) is 2. The van der Waals surface area contributed by atoms with Gasteiger partial charge < -0.3 is 34.5 Å². The van der Waals surface area contributed by atoms with Gasteiger partial charge in [0.15, 0.2) is 11.9 Å². The molecule has 2 aromatic heterocycles. The van der Waals surface area contributed by atoms with E-state index in [0.717, 1.165) is 18.9 Å². The zero-order valence-electron chi connectivity index (χ0n) is 26.3. The zero-order chi connectivity index (χ0) is 33.5. The van der Waals surface area contributed by atoms with Crippen LogP contribution in [0.25, 0.3) is 0 Å². The highest BCUT2D eigenvalue weighted by atomic mass is 35.5. The Morgan fingerprint density at radius 3 is 2.66 bits per heavy atom. The molecule has 2 aliphatic rings. The zero-order valence-corrected chi connectivity index (χ0v) is 27.8. The number of esters is 2. The second kappa shape index (κ2) is 15.5. The van der Waals surface area contributed by atoms with Crippen molar-refractivity contribution in [2.24, 2.45) is 0 Å². The molecular weight excluding hydrogens is 653 g/mol. The molecule has 15 nitrogen and oxygen atoms in total. The molecule has 0 spiro atoms. The van der Waals surface area contributed by atoms with Crippen LogP contribution < -0.4 is 15.5 Å². The van der Waals surface area contributed by atoms with E-state index in [1.165, 1.54) is 20.5 Å². The van der Waals surface area contributed by atoms with Gasteiger partial charge in [-0.2, -0.15) is 0 Å². The summed E-state index contributed by atoms with van der Waals surface area (Å²) in [6.07, 6.45) is 0.515. The Balaban J connectivity index is 1.49. The molecule has 0 aliphatic carbocycles. The highest BCUT2D eigenvalue weighted by molar-refractivity contribution is 6.42. The lowest BCUT2D eigenvalue weighted by atomic mass is 9.79. The fourth-order valence-electron chi connectivity index (χ4n) is 5.54. The van der Waals surface area contributed by atoms with Gasteiger partial charge in [-0.3, -0.25) is 0 Å². The molecule has 0 amide bonds. The maximum absolute atomic E-state index is 13.8. The second-order valence-electron chi connectivity index (χ2n) is 10.4. The third kappa shape index (κ3) is 7.32. The summed E-state index contributed by atoms with van der Waals surface area (Å²) in [5.74, 6) is -0.653. The third-order valence-electron chi connectivity index (χ3n) is 7.70. The van der Waals surface area contributed by atoms with Crippen molar-refractivity contribution in [2.75, 3.05) is 63.9 Å². The van der Waals surface area contributed by atoms with Gasteiger partial charge in [0, 0.05) is 38.5 Å². The van der Waals surface area contributed by atoms with Crippen molar-refractivity contribution < 1.29 is 28.5 Å². The number of benzene rings is 1. The summed E-state index contributed by atoms with van der Waals surface area (Å²) in [4.78, 5) is 37.8. The van der Waals surface area contributed by atoms with Gasteiger partial charge in [-0.15, -0.1) is 5.10 Å². The molecule has 1 saturated heterocycles. The number of aromatic nitrogens is 6. The SMILES string of the molecule is CCOC(=O)C1=C(C(OC)c2nnnn2CCNc2cc(N3CCOCC3)ncn2)NC(C)=C(C(=O)OC)C1c1cccc(Cl)c1Cl. The van der Waals surface area contributed by atoms with E-state index in [4.69, 9.17) is 42.1 Å². The van der Waals surface area contributed by atoms with Crippen LogP contribution in [0.2, 0.25) is 10.0 Å². The van der Waals surface area contributed by atoms with Crippen LogP contribution in [0.4, 0.5) is 11.6 Å². The average molecular weight is 689 g/mol. The van der Waals surface area contributed by atoms with Crippen LogP contribution >= 0.6 is 23.2 Å². The summed E-state index contributed by atoms with van der Waals surface area (Å²) >= 11 is 13.1. The van der Waals surface area contributed by atoms with Gasteiger partial charge in [0.2, 0.25) is 0 Å². The Bertz CT molecular complexity index is 1670. The summed E-state index contributed by atoms with van der Waals surface area (Å²) in [5.41, 5.74) is 1.30. The van der Waals surface area contributed by atoms with Crippen molar-refractivity contribution in [2.45, 2.75) is 32.4 Å². The van der Waals surface area contributed by atoms with E-state index < -0.39 is 24.0 Å². The summed E-state index contributed by atoms with van der Waals surface area (Å²) in [7, 11) is 2.72. The molecular formula is C30H35Cl2N9O6. The first kappa shape index (κ1) is 34.0. The number of dihydropyridines is 1. The molecule has 3 aromatic rings. The summed E-state index contributed by atoms with van der Waals surface area (Å²) in [6.45, 7) is 6.94. The van der Waals surface area contributed by atoms with Gasteiger partial charge in [-0.1, -0.05) is 35.3 Å². The van der Waals surface area contributed by atoms with Crippen molar-refractivity contribution in [3.8, 4) is 0 Å². The predicted molar refractivity (Wildman–Crippen MR) is 172 cm³/mol. The average Bonchev–Trinajstić information content (AvgIpc) is 3.54. The normalized spacial score (nSPS) is 17.3. The first-order chi connectivity index (χ1) is 22.8. The first-order valence-corrected chi connectivity index (χ1v) is 15.6. The summed E-state index contributed by atoms with van der Waals surface area (Å²) in [6, 6.07) is 6.86. The van der Waals surface area contributed by atoms with Crippen molar-refractivity contribution in [1.29, 1.82) is 0 Å². The van der Waals surface area contributed by atoms with Crippen LogP contribution in [-0.4, -0.2) is 95.8 Å². The molecule has 17 heteroatoms. The Morgan fingerprint density at radius 2 is 1.94 bits per heavy atom. The van der Waals surface area contributed by atoms with Gasteiger partial charge in [0.25, 0.3) is 0 Å². The van der Waals surface area contributed by atoms with E-state index in [1.807, 2.05) is 6.07 Å². The van der Waals surface area contributed by atoms with Crippen molar-refractivity contribution >= 4 is 46.8 Å². The highest BCUT2D eigenvalue weighted by Gasteiger charge is 2.43. The predicted octanol–water partition coefficient (Wildman–Crippen LogP) is 3.06. The number of morpholine rings is 1. The Labute approximate surface area is 281 Å².